The number of fused-ring (bicyclic) bond motifs is 1. The lowest BCUT2D eigenvalue weighted by atomic mass is 9.84. The molecular formula is C22H26ClN3O3. The van der Waals surface area contributed by atoms with Gasteiger partial charge in [0.05, 0.1) is 20.1 Å². The first-order valence-corrected chi connectivity index (χ1v) is 10.1. The average molecular weight is 416 g/mol. The second kappa shape index (κ2) is 8.82. The van der Waals surface area contributed by atoms with E-state index < -0.39 is 0 Å². The molecule has 0 saturated carbocycles. The van der Waals surface area contributed by atoms with Crippen molar-refractivity contribution < 1.29 is 14.3 Å². The maximum atomic E-state index is 12.4. The Balaban J connectivity index is 2.21. The number of nitrogens with zero attached hydrogens (tertiary/aromatic N) is 3. The molecule has 0 bridgehead atoms. The minimum absolute atomic E-state index is 0.211. The number of hydrogen-bond donors (Lipinski definition) is 0. The number of methoxy groups -OCH3 is 1. The zero-order valence-corrected chi connectivity index (χ0v) is 18.2. The molecule has 0 fully saturated rings. The SMILES string of the molecule is CCOC(=O)CC(c1ccc(C)c(CCl)c1)c1cc(OC)c2c(nnn2C)c1C. The van der Waals surface area contributed by atoms with Crippen molar-refractivity contribution in [3.05, 3.63) is 52.1 Å². The average Bonchev–Trinajstić information content (AvgIpc) is 3.10. The lowest BCUT2D eigenvalue weighted by Gasteiger charge is -2.22. The number of esters is 1. The van der Waals surface area contributed by atoms with Gasteiger partial charge in [-0.1, -0.05) is 23.4 Å². The fraction of sp³-hybridized carbons (Fsp3) is 0.409. The van der Waals surface area contributed by atoms with Gasteiger partial charge in [-0.25, -0.2) is 4.68 Å². The first-order valence-electron chi connectivity index (χ1n) is 9.59. The number of benzene rings is 2. The molecule has 0 N–H and O–H groups in total. The first-order chi connectivity index (χ1) is 13.9. The molecule has 29 heavy (non-hydrogen) atoms. The van der Waals surface area contributed by atoms with Crippen molar-refractivity contribution in [1.29, 1.82) is 0 Å². The van der Waals surface area contributed by atoms with Crippen LogP contribution in [0.1, 0.15) is 47.1 Å². The van der Waals surface area contributed by atoms with E-state index in [0.717, 1.165) is 38.9 Å². The summed E-state index contributed by atoms with van der Waals surface area (Å²) >= 11 is 6.14. The normalized spacial score (nSPS) is 12.2. The maximum absolute atomic E-state index is 12.4. The first kappa shape index (κ1) is 21.1. The number of alkyl halides is 1. The van der Waals surface area contributed by atoms with Crippen molar-refractivity contribution in [3.63, 3.8) is 0 Å². The fourth-order valence-corrected chi connectivity index (χ4v) is 3.99. The van der Waals surface area contributed by atoms with Crippen LogP contribution >= 0.6 is 11.6 Å². The Morgan fingerprint density at radius 2 is 2.03 bits per heavy atom. The van der Waals surface area contributed by atoms with Crippen LogP contribution in [-0.4, -0.2) is 34.7 Å². The highest BCUT2D eigenvalue weighted by atomic mass is 35.5. The van der Waals surface area contributed by atoms with Crippen molar-refractivity contribution >= 4 is 28.6 Å². The number of halogens is 1. The molecule has 1 unspecified atom stereocenters. The molecular weight excluding hydrogens is 390 g/mol. The van der Waals surface area contributed by atoms with E-state index >= 15 is 0 Å². The summed E-state index contributed by atoms with van der Waals surface area (Å²) < 4.78 is 12.6. The van der Waals surface area contributed by atoms with Gasteiger partial charge in [0.1, 0.15) is 16.8 Å². The number of carbonyl (C=O) groups excluding carboxylic acids is 1. The second-order valence-electron chi connectivity index (χ2n) is 7.08. The van der Waals surface area contributed by atoms with E-state index in [2.05, 4.69) is 16.4 Å². The standard InChI is InChI=1S/C22H26ClN3O3/c1-6-29-20(27)11-18(15-8-7-13(2)16(9-15)12-23)17-10-19(28-5)22-21(14(17)3)24-25-26(22)4/h7-10,18H,6,11-12H2,1-5H3. The summed E-state index contributed by atoms with van der Waals surface area (Å²) in [5.41, 5.74) is 6.70. The van der Waals surface area contributed by atoms with Gasteiger partial charge >= 0.3 is 5.97 Å². The molecule has 2 aromatic carbocycles. The quantitative estimate of drug-likeness (QED) is 0.422. The van der Waals surface area contributed by atoms with Crippen LogP contribution in [0.4, 0.5) is 0 Å². The monoisotopic (exact) mass is 415 g/mol. The Morgan fingerprint density at radius 3 is 2.69 bits per heavy atom. The summed E-state index contributed by atoms with van der Waals surface area (Å²) in [6, 6.07) is 8.13. The Hall–Kier alpha value is -2.60. The predicted octanol–water partition coefficient (Wildman–Crippen LogP) is 4.42. The molecule has 0 aliphatic rings. The van der Waals surface area contributed by atoms with Gasteiger partial charge < -0.3 is 9.47 Å². The van der Waals surface area contributed by atoms with E-state index in [9.17, 15) is 4.79 Å². The molecule has 3 aromatic rings. The largest absolute Gasteiger partial charge is 0.494 e. The van der Waals surface area contributed by atoms with Crippen molar-refractivity contribution in [3.8, 4) is 5.75 Å². The van der Waals surface area contributed by atoms with Crippen LogP contribution in [0.25, 0.3) is 11.0 Å². The molecule has 1 aromatic heterocycles. The predicted molar refractivity (Wildman–Crippen MR) is 114 cm³/mol. The topological polar surface area (TPSA) is 66.2 Å². The van der Waals surface area contributed by atoms with E-state index in [-0.39, 0.29) is 18.3 Å². The molecule has 7 heteroatoms. The molecule has 0 spiro atoms. The number of aryl methyl sites for hydroxylation is 3. The number of rotatable bonds is 7. The van der Waals surface area contributed by atoms with Gasteiger partial charge in [-0.3, -0.25) is 4.79 Å². The second-order valence-corrected chi connectivity index (χ2v) is 7.35. The number of ether oxygens (including phenoxy) is 2. The summed E-state index contributed by atoms with van der Waals surface area (Å²) in [5, 5.41) is 8.47. The summed E-state index contributed by atoms with van der Waals surface area (Å²) in [7, 11) is 3.46. The summed E-state index contributed by atoms with van der Waals surface area (Å²) in [4.78, 5) is 12.4. The highest BCUT2D eigenvalue weighted by Gasteiger charge is 2.25. The van der Waals surface area contributed by atoms with E-state index in [4.69, 9.17) is 21.1 Å². The van der Waals surface area contributed by atoms with Gasteiger partial charge in [0.2, 0.25) is 0 Å². The third-order valence-electron chi connectivity index (χ3n) is 5.33. The zero-order valence-electron chi connectivity index (χ0n) is 17.5. The van der Waals surface area contributed by atoms with Gasteiger partial charge in [-0.2, -0.15) is 0 Å². The number of hydrogen-bond acceptors (Lipinski definition) is 5. The van der Waals surface area contributed by atoms with Gasteiger partial charge in [0, 0.05) is 18.8 Å². The van der Waals surface area contributed by atoms with Crippen LogP contribution in [0.3, 0.4) is 0 Å². The lowest BCUT2D eigenvalue weighted by Crippen LogP contribution is -2.13. The summed E-state index contributed by atoms with van der Waals surface area (Å²) in [5.74, 6) is 0.628. The van der Waals surface area contributed by atoms with Crippen molar-refractivity contribution in [2.24, 2.45) is 7.05 Å². The third-order valence-corrected chi connectivity index (χ3v) is 5.61. The Bertz CT molecular complexity index is 1050. The molecule has 6 nitrogen and oxygen atoms in total. The minimum atomic E-state index is -0.247. The summed E-state index contributed by atoms with van der Waals surface area (Å²) in [6.45, 7) is 6.19. The van der Waals surface area contributed by atoms with E-state index in [1.54, 1.807) is 11.8 Å². The lowest BCUT2D eigenvalue weighted by molar-refractivity contribution is -0.143. The summed E-state index contributed by atoms with van der Waals surface area (Å²) in [6.07, 6.45) is 0.217. The molecule has 0 saturated heterocycles. The molecule has 0 amide bonds. The number of carbonyl (C=O) groups is 1. The van der Waals surface area contributed by atoms with Crippen LogP contribution in [0, 0.1) is 13.8 Å². The van der Waals surface area contributed by atoms with Gasteiger partial charge in [0.15, 0.2) is 0 Å². The molecule has 1 heterocycles. The molecule has 0 radical (unpaired) electrons. The van der Waals surface area contributed by atoms with Crippen molar-refractivity contribution in [2.75, 3.05) is 13.7 Å². The fourth-order valence-electron chi connectivity index (χ4n) is 3.70. The third kappa shape index (κ3) is 4.08. The molecule has 0 aliphatic carbocycles. The van der Waals surface area contributed by atoms with E-state index in [0.29, 0.717) is 18.2 Å². The molecule has 1 atom stereocenters. The van der Waals surface area contributed by atoms with Crippen LogP contribution in [0.5, 0.6) is 5.75 Å². The smallest absolute Gasteiger partial charge is 0.306 e. The molecule has 0 aliphatic heterocycles. The van der Waals surface area contributed by atoms with E-state index in [1.807, 2.05) is 46.0 Å². The highest BCUT2D eigenvalue weighted by Crippen LogP contribution is 2.38. The molecule has 154 valence electrons. The Labute approximate surface area is 175 Å². The van der Waals surface area contributed by atoms with Crippen LogP contribution in [-0.2, 0) is 22.5 Å². The minimum Gasteiger partial charge on any atom is -0.494 e. The van der Waals surface area contributed by atoms with E-state index in [1.165, 1.54) is 0 Å². The van der Waals surface area contributed by atoms with Crippen LogP contribution < -0.4 is 4.74 Å². The zero-order chi connectivity index (χ0) is 21.1. The van der Waals surface area contributed by atoms with Crippen LogP contribution in [0.2, 0.25) is 0 Å². The molecule has 3 rings (SSSR count). The maximum Gasteiger partial charge on any atom is 0.306 e. The van der Waals surface area contributed by atoms with Gasteiger partial charge in [-0.15, -0.1) is 16.7 Å². The van der Waals surface area contributed by atoms with Crippen molar-refractivity contribution in [1.82, 2.24) is 15.0 Å². The van der Waals surface area contributed by atoms with Gasteiger partial charge in [0.25, 0.3) is 0 Å². The highest BCUT2D eigenvalue weighted by molar-refractivity contribution is 6.17. The van der Waals surface area contributed by atoms with Gasteiger partial charge in [-0.05, 0) is 54.7 Å². The Kier molecular flexibility index (Phi) is 6.42. The number of aromatic nitrogens is 3. The van der Waals surface area contributed by atoms with Crippen LogP contribution in [0.15, 0.2) is 24.3 Å². The van der Waals surface area contributed by atoms with Crippen molar-refractivity contribution in [2.45, 2.75) is 39.0 Å². The Morgan fingerprint density at radius 1 is 1.28 bits per heavy atom.